The second-order valence-electron chi connectivity index (χ2n) is 8.79. The fourth-order valence-corrected chi connectivity index (χ4v) is 4.84. The van der Waals surface area contributed by atoms with Crippen LogP contribution < -0.4 is 0 Å². The first-order valence-corrected chi connectivity index (χ1v) is 11.6. The van der Waals surface area contributed by atoms with Gasteiger partial charge in [-0.05, 0) is 30.9 Å². The fourth-order valence-electron chi connectivity index (χ4n) is 4.84. The lowest BCUT2D eigenvalue weighted by molar-refractivity contribution is -0.0244. The van der Waals surface area contributed by atoms with Crippen LogP contribution in [0, 0.1) is 0 Å². The Morgan fingerprint density at radius 2 is 1.87 bits per heavy atom. The van der Waals surface area contributed by atoms with Crippen molar-refractivity contribution in [3.05, 3.63) is 53.3 Å². The molecule has 1 amide bonds. The first-order chi connectivity index (χ1) is 15.0. The van der Waals surface area contributed by atoms with Crippen LogP contribution in [0.2, 0.25) is 0 Å². The number of rotatable bonds is 6. The smallest absolute Gasteiger partial charge is 0.272 e. The van der Waals surface area contributed by atoms with Gasteiger partial charge in [0.25, 0.3) is 5.91 Å². The minimum atomic E-state index is -0.507. The summed E-state index contributed by atoms with van der Waals surface area (Å²) in [6.07, 6.45) is 2.20. The molecule has 4 rings (SSSR count). The maximum atomic E-state index is 12.9. The van der Waals surface area contributed by atoms with Crippen molar-refractivity contribution in [2.75, 3.05) is 45.8 Å². The van der Waals surface area contributed by atoms with E-state index in [1.807, 2.05) is 20.0 Å². The molecule has 0 radical (unpaired) electrons. The van der Waals surface area contributed by atoms with Crippen LogP contribution in [0.4, 0.5) is 0 Å². The Bertz CT molecular complexity index is 860. The molecule has 168 valence electrons. The van der Waals surface area contributed by atoms with E-state index in [-0.39, 0.29) is 11.9 Å². The van der Waals surface area contributed by atoms with Gasteiger partial charge >= 0.3 is 0 Å². The molecular formula is C24H35N5O2. The lowest BCUT2D eigenvalue weighted by Gasteiger charge is -2.45. The first-order valence-electron chi connectivity index (χ1n) is 11.6. The third-order valence-corrected chi connectivity index (χ3v) is 6.78. The van der Waals surface area contributed by atoms with Gasteiger partial charge in [-0.2, -0.15) is 5.10 Å². The van der Waals surface area contributed by atoms with Crippen molar-refractivity contribution >= 4 is 5.91 Å². The molecule has 1 aromatic heterocycles. The summed E-state index contributed by atoms with van der Waals surface area (Å²) in [7, 11) is 1.81. The Hall–Kier alpha value is -2.22. The van der Waals surface area contributed by atoms with Gasteiger partial charge in [-0.1, -0.05) is 37.3 Å². The molecule has 3 heterocycles. The predicted molar refractivity (Wildman–Crippen MR) is 121 cm³/mol. The van der Waals surface area contributed by atoms with Crippen LogP contribution in [-0.2, 0) is 19.9 Å². The fraction of sp³-hybridized carbons (Fsp3) is 0.583. The minimum Gasteiger partial charge on any atom is -0.390 e. The first kappa shape index (κ1) is 22.0. The molecule has 2 aliphatic heterocycles. The summed E-state index contributed by atoms with van der Waals surface area (Å²) < 4.78 is 1.66. The number of piperazine rings is 1. The molecule has 0 spiro atoms. The van der Waals surface area contributed by atoms with Gasteiger partial charge < -0.3 is 14.9 Å². The van der Waals surface area contributed by atoms with Crippen LogP contribution in [0.15, 0.2) is 36.4 Å². The summed E-state index contributed by atoms with van der Waals surface area (Å²) in [6, 6.07) is 12.7. The second kappa shape index (κ2) is 9.94. The van der Waals surface area contributed by atoms with Gasteiger partial charge in [-0.25, -0.2) is 0 Å². The topological polar surface area (TPSA) is 64.8 Å². The summed E-state index contributed by atoms with van der Waals surface area (Å²) in [5.74, 6) is -0.0297. The zero-order valence-electron chi connectivity index (χ0n) is 18.8. The highest BCUT2D eigenvalue weighted by molar-refractivity contribution is 5.92. The number of aromatic nitrogens is 2. The number of carbonyl (C=O) groups excluding carboxylic acids is 1. The molecule has 2 aromatic rings. The average Bonchev–Trinajstić information content (AvgIpc) is 3.19. The van der Waals surface area contributed by atoms with Crippen molar-refractivity contribution in [3.63, 3.8) is 0 Å². The van der Waals surface area contributed by atoms with Gasteiger partial charge in [-0.15, -0.1) is 0 Å². The number of aryl methyl sites for hydroxylation is 2. The lowest BCUT2D eigenvalue weighted by Crippen LogP contribution is -2.59. The number of β-amino-alcohol motifs (C(OH)–C–C–N with tert-alkyl or cyclic N) is 1. The van der Waals surface area contributed by atoms with Crippen LogP contribution in [0.3, 0.4) is 0 Å². The van der Waals surface area contributed by atoms with E-state index in [1.165, 1.54) is 5.56 Å². The number of carbonyl (C=O) groups is 1. The van der Waals surface area contributed by atoms with Crippen molar-refractivity contribution in [3.8, 4) is 0 Å². The number of hydrogen-bond acceptors (Lipinski definition) is 5. The highest BCUT2D eigenvalue weighted by Gasteiger charge is 2.36. The molecule has 0 bridgehead atoms. The number of nitrogens with zero attached hydrogens (tertiary/aromatic N) is 5. The van der Waals surface area contributed by atoms with Crippen molar-refractivity contribution < 1.29 is 9.90 Å². The summed E-state index contributed by atoms with van der Waals surface area (Å²) in [4.78, 5) is 19.7. The van der Waals surface area contributed by atoms with E-state index in [0.29, 0.717) is 18.8 Å². The van der Waals surface area contributed by atoms with E-state index in [2.05, 4.69) is 45.2 Å². The maximum absolute atomic E-state index is 12.9. The molecular weight excluding hydrogens is 390 g/mol. The molecule has 0 unspecified atom stereocenters. The molecule has 2 fully saturated rings. The van der Waals surface area contributed by atoms with Gasteiger partial charge in [0.1, 0.15) is 5.69 Å². The molecule has 7 heteroatoms. The van der Waals surface area contributed by atoms with Crippen molar-refractivity contribution in [2.45, 2.75) is 38.3 Å². The molecule has 0 aliphatic carbocycles. The van der Waals surface area contributed by atoms with Crippen molar-refractivity contribution in [1.82, 2.24) is 24.5 Å². The van der Waals surface area contributed by atoms with Crippen LogP contribution >= 0.6 is 0 Å². The zero-order valence-corrected chi connectivity index (χ0v) is 18.8. The SMILES string of the molecule is CCc1cc(C(=O)N2CC[C@H](N3CCN(CCc4ccccc4)CC3)[C@@H](O)C2)n(C)n1. The van der Waals surface area contributed by atoms with Crippen LogP contribution in [0.5, 0.6) is 0 Å². The Labute approximate surface area is 185 Å². The number of aliphatic hydroxyl groups is 1. The monoisotopic (exact) mass is 425 g/mol. The van der Waals surface area contributed by atoms with Crippen LogP contribution in [-0.4, -0.2) is 93.5 Å². The zero-order chi connectivity index (χ0) is 21.8. The summed E-state index contributed by atoms with van der Waals surface area (Å²) in [5, 5.41) is 15.2. The molecule has 7 nitrogen and oxygen atoms in total. The maximum Gasteiger partial charge on any atom is 0.272 e. The number of piperidine rings is 1. The Morgan fingerprint density at radius 1 is 1.13 bits per heavy atom. The van der Waals surface area contributed by atoms with Crippen molar-refractivity contribution in [1.29, 1.82) is 0 Å². The summed E-state index contributed by atoms with van der Waals surface area (Å²) >= 11 is 0. The minimum absolute atomic E-state index is 0.0297. The van der Waals surface area contributed by atoms with Gasteiger partial charge in [0.05, 0.1) is 11.8 Å². The van der Waals surface area contributed by atoms with E-state index >= 15 is 0 Å². The Morgan fingerprint density at radius 3 is 2.52 bits per heavy atom. The normalized spacial score (nSPS) is 23.3. The van der Waals surface area contributed by atoms with E-state index in [1.54, 1.807) is 9.58 Å². The average molecular weight is 426 g/mol. The lowest BCUT2D eigenvalue weighted by atomic mass is 9.98. The summed E-state index contributed by atoms with van der Waals surface area (Å²) in [6.45, 7) is 8.22. The summed E-state index contributed by atoms with van der Waals surface area (Å²) in [5.41, 5.74) is 2.91. The number of likely N-dealkylation sites (tertiary alicyclic amines) is 1. The highest BCUT2D eigenvalue weighted by Crippen LogP contribution is 2.21. The Balaban J connectivity index is 1.26. The molecule has 2 aliphatic rings. The molecule has 2 saturated heterocycles. The number of benzene rings is 1. The van der Waals surface area contributed by atoms with E-state index in [9.17, 15) is 9.90 Å². The van der Waals surface area contributed by atoms with E-state index in [4.69, 9.17) is 0 Å². The van der Waals surface area contributed by atoms with Crippen LogP contribution in [0.1, 0.15) is 35.1 Å². The molecule has 1 aromatic carbocycles. The molecule has 31 heavy (non-hydrogen) atoms. The van der Waals surface area contributed by atoms with E-state index in [0.717, 1.165) is 57.7 Å². The standard InChI is InChI=1S/C24H35N5O2/c1-3-20-17-22(26(2)25-20)24(31)29-12-10-21(23(30)18-29)28-15-13-27(14-16-28)11-9-19-7-5-4-6-8-19/h4-8,17,21,23,30H,3,9-16,18H2,1-2H3/t21-,23-/m0/s1. The molecule has 2 atom stereocenters. The number of hydrogen-bond donors (Lipinski definition) is 1. The molecule has 1 N–H and O–H groups in total. The third-order valence-electron chi connectivity index (χ3n) is 6.78. The van der Waals surface area contributed by atoms with Gasteiger partial charge in [0.15, 0.2) is 0 Å². The molecule has 0 saturated carbocycles. The predicted octanol–water partition coefficient (Wildman–Crippen LogP) is 1.42. The van der Waals surface area contributed by atoms with Gasteiger partial charge in [0, 0.05) is 58.9 Å². The Kier molecular flexibility index (Phi) is 7.05. The van der Waals surface area contributed by atoms with E-state index < -0.39 is 6.10 Å². The van der Waals surface area contributed by atoms with Gasteiger partial charge in [-0.3, -0.25) is 14.4 Å². The number of aliphatic hydroxyl groups excluding tert-OH is 1. The van der Waals surface area contributed by atoms with Gasteiger partial charge in [0.2, 0.25) is 0 Å². The largest absolute Gasteiger partial charge is 0.390 e. The second-order valence-corrected chi connectivity index (χ2v) is 8.79. The highest BCUT2D eigenvalue weighted by atomic mass is 16.3. The van der Waals surface area contributed by atoms with Crippen molar-refractivity contribution in [2.24, 2.45) is 7.05 Å². The number of amides is 1. The van der Waals surface area contributed by atoms with Crippen LogP contribution in [0.25, 0.3) is 0 Å². The third kappa shape index (κ3) is 5.17. The quantitative estimate of drug-likeness (QED) is 0.758.